The van der Waals surface area contributed by atoms with Gasteiger partial charge in [-0.2, -0.15) is 18.2 Å². The zero-order valence-corrected chi connectivity index (χ0v) is 15.8. The van der Waals surface area contributed by atoms with Gasteiger partial charge < -0.3 is 20.1 Å². The minimum absolute atomic E-state index is 0.156. The van der Waals surface area contributed by atoms with Crippen LogP contribution in [0.2, 0.25) is 0 Å². The molecule has 0 bridgehead atoms. The smallest absolute Gasteiger partial charge is 0.422 e. The van der Waals surface area contributed by atoms with Crippen LogP contribution < -0.4 is 10.1 Å². The van der Waals surface area contributed by atoms with E-state index in [1.165, 1.54) is 23.1 Å². The maximum Gasteiger partial charge on any atom is 0.422 e. The van der Waals surface area contributed by atoms with Gasteiger partial charge in [0, 0.05) is 24.8 Å². The van der Waals surface area contributed by atoms with Crippen molar-refractivity contribution in [2.45, 2.75) is 19.2 Å². The summed E-state index contributed by atoms with van der Waals surface area (Å²) >= 11 is 0. The largest absolute Gasteiger partial charge is 0.482 e. The Morgan fingerprint density at radius 1 is 1.30 bits per heavy atom. The third-order valence-electron chi connectivity index (χ3n) is 4.49. The van der Waals surface area contributed by atoms with E-state index in [0.29, 0.717) is 5.65 Å². The molecule has 11 heteroatoms. The number of nitrogens with zero attached hydrogens (tertiary/aromatic N) is 4. The van der Waals surface area contributed by atoms with Crippen molar-refractivity contribution in [3.63, 3.8) is 0 Å². The number of benzene rings is 1. The highest BCUT2D eigenvalue weighted by Gasteiger charge is 2.31. The van der Waals surface area contributed by atoms with Crippen LogP contribution in [0.25, 0.3) is 5.65 Å². The van der Waals surface area contributed by atoms with E-state index in [4.69, 9.17) is 4.74 Å². The number of anilines is 2. The molecule has 30 heavy (non-hydrogen) atoms. The molecule has 0 aliphatic carbocycles. The summed E-state index contributed by atoms with van der Waals surface area (Å²) in [4.78, 5) is 18.1. The molecule has 3 aromatic rings. The quantitative estimate of drug-likeness (QED) is 0.658. The lowest BCUT2D eigenvalue weighted by Crippen LogP contribution is -2.53. The number of ether oxygens (including phenoxy) is 1. The highest BCUT2D eigenvalue weighted by atomic mass is 19.4. The number of aryl methyl sites for hydroxylation is 1. The fraction of sp³-hybridized carbons (Fsp3) is 0.316. The summed E-state index contributed by atoms with van der Waals surface area (Å²) in [6.07, 6.45) is -3.36. The van der Waals surface area contributed by atoms with Crippen LogP contribution in [-0.2, 0) is 0 Å². The van der Waals surface area contributed by atoms with Crippen molar-refractivity contribution in [3.8, 4) is 5.75 Å². The Kier molecular flexibility index (Phi) is 4.98. The molecular weight excluding hydrogens is 403 g/mol. The monoisotopic (exact) mass is 421 g/mol. The number of aliphatic hydroxyl groups is 1. The van der Waals surface area contributed by atoms with Gasteiger partial charge in [0.05, 0.1) is 11.8 Å². The van der Waals surface area contributed by atoms with E-state index in [1.807, 2.05) is 13.0 Å². The predicted octanol–water partition coefficient (Wildman–Crippen LogP) is 2.54. The molecule has 1 aromatic carbocycles. The zero-order valence-electron chi connectivity index (χ0n) is 15.8. The molecule has 1 fully saturated rings. The number of pyridine rings is 1. The van der Waals surface area contributed by atoms with E-state index >= 15 is 0 Å². The van der Waals surface area contributed by atoms with Crippen molar-refractivity contribution in [2.75, 3.05) is 25.0 Å². The third-order valence-corrected chi connectivity index (χ3v) is 4.49. The van der Waals surface area contributed by atoms with Crippen molar-refractivity contribution < 1.29 is 27.8 Å². The molecule has 3 heterocycles. The van der Waals surface area contributed by atoms with Crippen LogP contribution in [0.1, 0.15) is 15.9 Å². The van der Waals surface area contributed by atoms with Gasteiger partial charge >= 0.3 is 6.18 Å². The van der Waals surface area contributed by atoms with Gasteiger partial charge in [0.1, 0.15) is 5.75 Å². The second-order valence-electron chi connectivity index (χ2n) is 7.05. The Labute approximate surface area is 168 Å². The first-order chi connectivity index (χ1) is 14.2. The maximum atomic E-state index is 12.7. The molecule has 1 aliphatic heterocycles. The van der Waals surface area contributed by atoms with Crippen molar-refractivity contribution in [2.24, 2.45) is 0 Å². The highest BCUT2D eigenvalue weighted by Crippen LogP contribution is 2.31. The number of aliphatic hydroxyl groups excluding tert-OH is 1. The van der Waals surface area contributed by atoms with Crippen LogP contribution >= 0.6 is 0 Å². The van der Waals surface area contributed by atoms with Crippen LogP contribution in [0.4, 0.5) is 24.8 Å². The Balaban J connectivity index is 1.61. The Morgan fingerprint density at radius 2 is 2.07 bits per heavy atom. The number of carbonyl (C=O) groups is 1. The summed E-state index contributed by atoms with van der Waals surface area (Å²) in [6.45, 7) is 0.744. The highest BCUT2D eigenvalue weighted by molar-refractivity contribution is 5.96. The Morgan fingerprint density at radius 3 is 2.77 bits per heavy atom. The number of hydrogen-bond acceptors (Lipinski definition) is 6. The number of fused-ring (bicyclic) bond motifs is 1. The Bertz CT molecular complexity index is 1090. The van der Waals surface area contributed by atoms with Crippen LogP contribution in [0.5, 0.6) is 5.75 Å². The summed E-state index contributed by atoms with van der Waals surface area (Å²) in [6, 6.07) is 7.76. The van der Waals surface area contributed by atoms with E-state index < -0.39 is 24.8 Å². The number of rotatable bonds is 5. The number of β-amino-alcohol motifs (C(OH)–C–C–N with tert-alkyl or cyclic N) is 1. The molecule has 1 aliphatic rings. The first-order valence-corrected chi connectivity index (χ1v) is 9.09. The molecule has 0 unspecified atom stereocenters. The Hall–Kier alpha value is -3.34. The molecule has 0 radical (unpaired) electrons. The van der Waals surface area contributed by atoms with Gasteiger partial charge in [-0.05, 0) is 36.8 Å². The van der Waals surface area contributed by atoms with E-state index in [-0.39, 0.29) is 36.0 Å². The molecule has 2 N–H and O–H groups in total. The number of aromatic nitrogens is 3. The molecule has 0 spiro atoms. The summed E-state index contributed by atoms with van der Waals surface area (Å²) < 4.78 is 44.6. The minimum atomic E-state index is -4.54. The molecule has 2 aromatic heterocycles. The lowest BCUT2D eigenvalue weighted by Gasteiger charge is -2.36. The van der Waals surface area contributed by atoms with E-state index in [2.05, 4.69) is 15.4 Å². The minimum Gasteiger partial charge on any atom is -0.482 e. The first-order valence-electron chi connectivity index (χ1n) is 9.09. The zero-order chi connectivity index (χ0) is 21.5. The number of hydrogen-bond donors (Lipinski definition) is 2. The lowest BCUT2D eigenvalue weighted by atomic mass is 10.1. The number of likely N-dealkylation sites (tertiary alicyclic amines) is 1. The fourth-order valence-electron chi connectivity index (χ4n) is 3.00. The van der Waals surface area contributed by atoms with Gasteiger partial charge in [0.25, 0.3) is 5.91 Å². The van der Waals surface area contributed by atoms with Gasteiger partial charge in [-0.3, -0.25) is 4.79 Å². The van der Waals surface area contributed by atoms with Crippen LogP contribution in [0.3, 0.4) is 0 Å². The molecule has 1 amide bonds. The van der Waals surface area contributed by atoms with E-state index in [1.54, 1.807) is 16.8 Å². The summed E-state index contributed by atoms with van der Waals surface area (Å²) in [5.41, 5.74) is 1.87. The topological polar surface area (TPSA) is 92.0 Å². The molecule has 8 nitrogen and oxygen atoms in total. The molecule has 0 saturated carbocycles. The normalized spacial score (nSPS) is 14.6. The van der Waals surface area contributed by atoms with Crippen molar-refractivity contribution in [1.29, 1.82) is 0 Å². The van der Waals surface area contributed by atoms with Crippen molar-refractivity contribution in [3.05, 3.63) is 47.7 Å². The maximum absolute atomic E-state index is 12.7. The van der Waals surface area contributed by atoms with Gasteiger partial charge in [0.15, 0.2) is 12.3 Å². The second-order valence-corrected chi connectivity index (χ2v) is 7.05. The van der Waals surface area contributed by atoms with E-state index in [9.17, 15) is 23.1 Å². The van der Waals surface area contributed by atoms with Gasteiger partial charge in [0.2, 0.25) is 5.95 Å². The number of amides is 1. The molecular formula is C19H18F3N5O3. The lowest BCUT2D eigenvalue weighted by molar-refractivity contribution is -0.153. The van der Waals surface area contributed by atoms with Gasteiger partial charge in [-0.1, -0.05) is 6.07 Å². The van der Waals surface area contributed by atoms with Crippen LogP contribution in [0.15, 0.2) is 36.5 Å². The van der Waals surface area contributed by atoms with Gasteiger partial charge in [-0.25, -0.2) is 4.52 Å². The number of halogens is 3. The molecule has 4 rings (SSSR count). The summed E-state index contributed by atoms with van der Waals surface area (Å²) in [5, 5.41) is 16.5. The first kappa shape index (κ1) is 20.0. The van der Waals surface area contributed by atoms with Crippen LogP contribution in [-0.4, -0.2) is 62.5 Å². The van der Waals surface area contributed by atoms with Gasteiger partial charge in [-0.15, -0.1) is 5.10 Å². The average molecular weight is 421 g/mol. The predicted molar refractivity (Wildman–Crippen MR) is 101 cm³/mol. The van der Waals surface area contributed by atoms with Crippen molar-refractivity contribution >= 4 is 23.2 Å². The van der Waals surface area contributed by atoms with Crippen LogP contribution in [0, 0.1) is 6.92 Å². The standard InChI is InChI=1S/C19H18F3N5O3/c1-11-2-5-16-24-18(25-27(16)7-11)23-14-4-3-12(17(29)26-8-13(28)9-26)6-15(14)30-10-19(20,21)22/h2-7,13,28H,8-10H2,1H3,(H,23,25). The molecule has 158 valence electrons. The summed E-state index contributed by atoms with van der Waals surface area (Å²) in [7, 11) is 0. The second kappa shape index (κ2) is 7.48. The number of carbonyl (C=O) groups excluding carboxylic acids is 1. The summed E-state index contributed by atoms with van der Waals surface area (Å²) in [5.74, 6) is -0.387. The fourth-order valence-corrected chi connectivity index (χ4v) is 3.00. The van der Waals surface area contributed by atoms with Crippen molar-refractivity contribution in [1.82, 2.24) is 19.5 Å². The number of alkyl halides is 3. The average Bonchev–Trinajstić information content (AvgIpc) is 3.05. The third kappa shape index (κ3) is 4.30. The van der Waals surface area contributed by atoms with E-state index in [0.717, 1.165) is 5.56 Å². The molecule has 0 atom stereocenters. The SMILES string of the molecule is Cc1ccc2nc(Nc3ccc(C(=O)N4CC(O)C4)cc3OCC(F)(F)F)nn2c1. The number of nitrogens with one attached hydrogen (secondary N) is 1. The molecule has 1 saturated heterocycles.